The molecule has 0 aliphatic rings. The van der Waals surface area contributed by atoms with Crippen LogP contribution in [0.5, 0.6) is 0 Å². The Labute approximate surface area is 77.5 Å². The Morgan fingerprint density at radius 3 is 1.00 bits per heavy atom. The van der Waals surface area contributed by atoms with E-state index in [1.54, 1.807) is 0 Å². The van der Waals surface area contributed by atoms with Crippen LogP contribution in [0.4, 0.5) is 0 Å². The molecule has 0 atom stereocenters. The molecule has 0 bridgehead atoms. The summed E-state index contributed by atoms with van der Waals surface area (Å²) in [4.78, 5) is 0. The zero-order valence-electron chi connectivity index (χ0n) is 2.79. The van der Waals surface area contributed by atoms with Crippen molar-refractivity contribution in [3.8, 4) is 0 Å². The summed E-state index contributed by atoms with van der Waals surface area (Å²) in [7, 11) is 0. The minimum Gasteiger partial charge on any atom is -0.769 e. The molecule has 0 heterocycles. The second-order valence-corrected chi connectivity index (χ2v) is 0. The maximum absolute atomic E-state index is 7.72. The van der Waals surface area contributed by atoms with Crippen molar-refractivity contribution in [3.63, 3.8) is 0 Å². The average molecular weight is 127 g/mol. The first-order valence-electron chi connectivity index (χ1n) is 0.154. The van der Waals surface area contributed by atoms with Gasteiger partial charge in [-0.3, -0.25) is 0 Å². The maximum atomic E-state index is 7.72. The average Bonchev–Trinajstić information content (AvgIpc) is 1.00. The second-order valence-electron chi connectivity index (χ2n) is 0. The standard InChI is InChI=1S/ClO.K.2H2O/c1-2;;;/h;;2*1H2/q-1;+1;;. The molecule has 0 saturated carbocycles. The van der Waals surface area contributed by atoms with Crippen LogP contribution in [0.15, 0.2) is 0 Å². The van der Waals surface area contributed by atoms with Crippen LogP contribution in [0, 0.1) is 0 Å². The topological polar surface area (TPSA) is 86.1 Å². The summed E-state index contributed by atoms with van der Waals surface area (Å²) < 4.78 is 7.72. The van der Waals surface area contributed by atoms with Gasteiger partial charge >= 0.3 is 51.4 Å². The van der Waals surface area contributed by atoms with E-state index < -0.39 is 0 Å². The molecule has 30 valence electrons. The predicted molar refractivity (Wildman–Crippen MR) is 13.1 cm³/mol. The van der Waals surface area contributed by atoms with E-state index in [1.807, 2.05) is 0 Å². The number of hydrogen-bond donors (Lipinski definition) is 0. The van der Waals surface area contributed by atoms with Gasteiger partial charge in [0, 0.05) is 0 Å². The van der Waals surface area contributed by atoms with Crippen LogP contribution in [-0.4, -0.2) is 11.0 Å². The summed E-state index contributed by atoms with van der Waals surface area (Å²) in [5.41, 5.74) is 0. The molecule has 0 rings (SSSR count). The Morgan fingerprint density at radius 2 is 1.00 bits per heavy atom. The fourth-order valence-electron chi connectivity index (χ4n) is 0. The third-order valence-electron chi connectivity index (χ3n) is 0. The normalized spacial score (nSPS) is 1.20. The van der Waals surface area contributed by atoms with Gasteiger partial charge < -0.3 is 15.6 Å². The van der Waals surface area contributed by atoms with Crippen molar-refractivity contribution in [3.05, 3.63) is 0 Å². The third kappa shape index (κ3) is 25.8. The van der Waals surface area contributed by atoms with Gasteiger partial charge in [-0.05, 0) is 0 Å². The van der Waals surface area contributed by atoms with Gasteiger partial charge in [0.1, 0.15) is 0 Å². The van der Waals surface area contributed by atoms with Crippen molar-refractivity contribution in [2.75, 3.05) is 0 Å². The fourth-order valence-corrected chi connectivity index (χ4v) is 0. The molecule has 0 radical (unpaired) electrons. The van der Waals surface area contributed by atoms with Crippen molar-refractivity contribution in [1.82, 2.24) is 0 Å². The van der Waals surface area contributed by atoms with Gasteiger partial charge in [0.05, 0.1) is 0 Å². The van der Waals surface area contributed by atoms with Crippen LogP contribution in [0.3, 0.4) is 0 Å². The molecule has 0 unspecified atom stereocenters. The molecule has 0 aliphatic heterocycles. The molecule has 3 nitrogen and oxygen atoms in total. The van der Waals surface area contributed by atoms with E-state index in [1.165, 1.54) is 0 Å². The molecule has 0 fully saturated rings. The Kier molecular flexibility index (Phi) is 240. The molecule has 4 N–H and O–H groups in total. The van der Waals surface area contributed by atoms with Crippen molar-refractivity contribution >= 4 is 11.9 Å². The van der Waals surface area contributed by atoms with Crippen molar-refractivity contribution in [2.24, 2.45) is 0 Å². The molecule has 0 aliphatic carbocycles. The van der Waals surface area contributed by atoms with Gasteiger partial charge in [-0.15, -0.1) is 0 Å². The molecule has 0 saturated heterocycles. The summed E-state index contributed by atoms with van der Waals surface area (Å²) in [6, 6.07) is 0. The van der Waals surface area contributed by atoms with E-state index in [2.05, 4.69) is 11.9 Å². The first-order valence-corrected chi connectivity index (χ1v) is 0.463. The Balaban J connectivity index is -0.00000000167. The summed E-state index contributed by atoms with van der Waals surface area (Å²) >= 11 is 3.39. The van der Waals surface area contributed by atoms with E-state index in [0.29, 0.717) is 0 Å². The predicted octanol–water partition coefficient (Wildman–Crippen LogP) is -5.14. The zero-order valence-corrected chi connectivity index (χ0v) is 6.67. The minimum absolute atomic E-state index is 0. The minimum atomic E-state index is 0. The molecular weight excluding hydrogens is 123 g/mol. The summed E-state index contributed by atoms with van der Waals surface area (Å²) in [5.74, 6) is 0. The van der Waals surface area contributed by atoms with Gasteiger partial charge in [-0.25, -0.2) is 11.9 Å². The molecule has 0 aromatic rings. The van der Waals surface area contributed by atoms with Gasteiger partial charge in [0.2, 0.25) is 0 Å². The Bertz CT molecular complexity index is 6.85. The largest absolute Gasteiger partial charge is 1.00 e. The van der Waals surface area contributed by atoms with Crippen molar-refractivity contribution < 1.29 is 67.0 Å². The quantitative estimate of drug-likeness (QED) is 0.299. The fraction of sp³-hybridized carbons (Fsp3) is 0. The van der Waals surface area contributed by atoms with E-state index in [4.69, 9.17) is 4.66 Å². The zero-order chi connectivity index (χ0) is 2.00. The first kappa shape index (κ1) is 29.1. The Morgan fingerprint density at radius 1 is 1.00 bits per heavy atom. The van der Waals surface area contributed by atoms with Crippen molar-refractivity contribution in [1.29, 1.82) is 0 Å². The molecule has 0 amide bonds. The van der Waals surface area contributed by atoms with E-state index in [0.717, 1.165) is 0 Å². The molecule has 5 heavy (non-hydrogen) atoms. The molecule has 0 aromatic heterocycles. The van der Waals surface area contributed by atoms with Crippen LogP contribution < -0.4 is 56.0 Å². The van der Waals surface area contributed by atoms with Crippen LogP contribution in [0.2, 0.25) is 0 Å². The smallest absolute Gasteiger partial charge is 0.769 e. The van der Waals surface area contributed by atoms with Crippen LogP contribution >= 0.6 is 11.9 Å². The van der Waals surface area contributed by atoms with Gasteiger partial charge in [-0.2, -0.15) is 0 Å². The summed E-state index contributed by atoms with van der Waals surface area (Å²) in [6.45, 7) is 0. The van der Waals surface area contributed by atoms with Crippen molar-refractivity contribution in [2.45, 2.75) is 0 Å². The number of hydrogen-bond acceptors (Lipinski definition) is 1. The summed E-state index contributed by atoms with van der Waals surface area (Å²) in [6.07, 6.45) is 0. The third-order valence-corrected chi connectivity index (χ3v) is 0. The molecule has 0 spiro atoms. The first-order chi connectivity index (χ1) is 1.00. The van der Waals surface area contributed by atoms with E-state index >= 15 is 0 Å². The monoisotopic (exact) mass is 126 g/mol. The van der Waals surface area contributed by atoms with E-state index in [9.17, 15) is 0 Å². The van der Waals surface area contributed by atoms with Crippen LogP contribution in [0.1, 0.15) is 0 Å². The van der Waals surface area contributed by atoms with Gasteiger partial charge in [0.15, 0.2) is 0 Å². The number of rotatable bonds is 0. The molecular formula is H4ClKO3. The van der Waals surface area contributed by atoms with Crippen LogP contribution in [-0.2, 0) is 0 Å². The second kappa shape index (κ2) is 41.1. The Hall–Kier alpha value is 1.81. The molecule has 0 aromatic carbocycles. The summed E-state index contributed by atoms with van der Waals surface area (Å²) in [5, 5.41) is 0. The van der Waals surface area contributed by atoms with Crippen LogP contribution in [0.25, 0.3) is 0 Å². The SMILES string of the molecule is O.O.[K+].[O-]Cl. The molecule has 5 heteroatoms. The van der Waals surface area contributed by atoms with Gasteiger partial charge in [-0.1, -0.05) is 0 Å². The van der Waals surface area contributed by atoms with E-state index in [-0.39, 0.29) is 62.3 Å². The maximum Gasteiger partial charge on any atom is 1.00 e. The number of halogens is 1. The van der Waals surface area contributed by atoms with Gasteiger partial charge in [0.25, 0.3) is 0 Å².